The van der Waals surface area contributed by atoms with Gasteiger partial charge >= 0.3 is 0 Å². The average molecular weight is 461 g/mol. The summed E-state index contributed by atoms with van der Waals surface area (Å²) in [5, 5.41) is 13.6. The maximum atomic E-state index is 13.5. The Kier molecular flexibility index (Phi) is 6.00. The van der Waals surface area contributed by atoms with Crippen LogP contribution in [-0.4, -0.2) is 43.2 Å². The highest BCUT2D eigenvalue weighted by Gasteiger charge is 2.33. The third kappa shape index (κ3) is 4.25. The zero-order valence-electron chi connectivity index (χ0n) is 19.8. The highest BCUT2D eigenvalue weighted by Crippen LogP contribution is 2.32. The van der Waals surface area contributed by atoms with E-state index in [2.05, 4.69) is 45.3 Å². The number of piperidine rings is 1. The molecular weight excluding hydrogens is 431 g/mol. The number of tetrazole rings is 1. The molecule has 2 atom stereocenters. The Labute approximate surface area is 197 Å². The number of H-pyrrole nitrogens is 1. The zero-order valence-corrected chi connectivity index (χ0v) is 19.8. The lowest BCUT2D eigenvalue weighted by Crippen LogP contribution is -2.41. The molecular formula is C26H29FN6O. The van der Waals surface area contributed by atoms with Crippen molar-refractivity contribution in [3.63, 3.8) is 0 Å². The Morgan fingerprint density at radius 3 is 2.68 bits per heavy atom. The van der Waals surface area contributed by atoms with E-state index in [0.29, 0.717) is 23.9 Å². The number of pyridine rings is 1. The Morgan fingerprint density at radius 2 is 1.91 bits per heavy atom. The summed E-state index contributed by atoms with van der Waals surface area (Å²) in [5.74, 6) is 0.851. The molecule has 1 fully saturated rings. The summed E-state index contributed by atoms with van der Waals surface area (Å²) in [6.45, 7) is 8.42. The lowest BCUT2D eigenvalue weighted by atomic mass is 9.95. The molecule has 0 spiro atoms. The minimum absolute atomic E-state index is 0.124. The number of benzene rings is 2. The predicted octanol–water partition coefficient (Wildman–Crippen LogP) is 4.14. The number of rotatable bonds is 5. The molecule has 2 unspecified atom stereocenters. The number of hydrogen-bond acceptors (Lipinski definition) is 5. The molecule has 0 saturated carbocycles. The first-order chi connectivity index (χ1) is 16.4. The molecule has 0 amide bonds. The molecule has 0 bridgehead atoms. The molecule has 4 aromatic rings. The summed E-state index contributed by atoms with van der Waals surface area (Å²) in [6.07, 6.45) is 2.22. The van der Waals surface area contributed by atoms with E-state index in [1.54, 1.807) is 16.8 Å². The van der Waals surface area contributed by atoms with Crippen molar-refractivity contribution in [3.05, 3.63) is 86.7 Å². The first-order valence-corrected chi connectivity index (χ1v) is 11.8. The molecule has 1 aliphatic rings. The molecule has 1 saturated heterocycles. The van der Waals surface area contributed by atoms with Crippen molar-refractivity contribution in [2.45, 2.75) is 46.2 Å². The molecule has 2 aromatic carbocycles. The third-order valence-electron chi connectivity index (χ3n) is 6.87. The molecule has 0 aliphatic carbocycles. The Hall–Kier alpha value is -3.39. The number of fused-ring (bicyclic) bond motifs is 1. The highest BCUT2D eigenvalue weighted by molar-refractivity contribution is 5.85. The van der Waals surface area contributed by atoms with E-state index in [-0.39, 0.29) is 17.4 Å². The Bertz CT molecular complexity index is 1380. The van der Waals surface area contributed by atoms with Crippen LogP contribution in [0.1, 0.15) is 53.9 Å². The third-order valence-corrected chi connectivity index (χ3v) is 6.87. The molecule has 1 aliphatic heterocycles. The summed E-state index contributed by atoms with van der Waals surface area (Å²) >= 11 is 0. The number of aryl methyl sites for hydroxylation is 2. The van der Waals surface area contributed by atoms with Crippen LogP contribution in [0.3, 0.4) is 0 Å². The second-order valence-electron chi connectivity index (χ2n) is 9.51. The van der Waals surface area contributed by atoms with E-state index in [1.165, 1.54) is 12.1 Å². The molecule has 0 radical (unpaired) electrons. The van der Waals surface area contributed by atoms with Gasteiger partial charge in [0.05, 0.1) is 12.1 Å². The highest BCUT2D eigenvalue weighted by atomic mass is 19.1. The van der Waals surface area contributed by atoms with Crippen molar-refractivity contribution >= 4 is 10.9 Å². The van der Waals surface area contributed by atoms with Crippen molar-refractivity contribution < 1.29 is 4.39 Å². The van der Waals surface area contributed by atoms with Crippen LogP contribution in [0.5, 0.6) is 0 Å². The molecule has 3 heterocycles. The van der Waals surface area contributed by atoms with Gasteiger partial charge < -0.3 is 4.98 Å². The number of likely N-dealkylation sites (tertiary alicyclic amines) is 1. The normalized spacial score (nSPS) is 17.8. The van der Waals surface area contributed by atoms with Gasteiger partial charge in [0, 0.05) is 17.5 Å². The number of hydrogen-bond donors (Lipinski definition) is 1. The minimum Gasteiger partial charge on any atom is -0.321 e. The minimum atomic E-state index is -0.383. The van der Waals surface area contributed by atoms with E-state index in [4.69, 9.17) is 0 Å². The number of nitrogens with zero attached hydrogens (tertiary/aromatic N) is 5. The fourth-order valence-corrected chi connectivity index (χ4v) is 5.04. The number of nitrogens with one attached hydrogen (secondary N) is 1. The van der Waals surface area contributed by atoms with E-state index in [9.17, 15) is 9.18 Å². The van der Waals surface area contributed by atoms with Crippen LogP contribution in [0.4, 0.5) is 4.39 Å². The first-order valence-electron chi connectivity index (χ1n) is 11.8. The van der Waals surface area contributed by atoms with E-state index >= 15 is 0 Å². The van der Waals surface area contributed by atoms with Crippen molar-refractivity contribution in [2.24, 2.45) is 5.92 Å². The molecule has 5 rings (SSSR count). The maximum Gasteiger partial charge on any atom is 0.253 e. The molecule has 34 heavy (non-hydrogen) atoms. The van der Waals surface area contributed by atoms with Crippen molar-refractivity contribution in [3.8, 4) is 0 Å². The van der Waals surface area contributed by atoms with Crippen molar-refractivity contribution in [1.29, 1.82) is 0 Å². The van der Waals surface area contributed by atoms with E-state index in [0.717, 1.165) is 53.5 Å². The number of halogens is 1. The monoisotopic (exact) mass is 460 g/mol. The van der Waals surface area contributed by atoms with Gasteiger partial charge in [-0.1, -0.05) is 31.2 Å². The summed E-state index contributed by atoms with van der Waals surface area (Å²) in [5.41, 5.74) is 4.42. The summed E-state index contributed by atoms with van der Waals surface area (Å²) < 4.78 is 15.1. The first kappa shape index (κ1) is 22.4. The lowest BCUT2D eigenvalue weighted by molar-refractivity contribution is 0.141. The molecule has 2 aromatic heterocycles. The van der Waals surface area contributed by atoms with Crippen LogP contribution in [0, 0.1) is 25.6 Å². The topological polar surface area (TPSA) is 79.7 Å². The van der Waals surface area contributed by atoms with E-state index in [1.807, 2.05) is 19.1 Å². The lowest BCUT2D eigenvalue weighted by Gasteiger charge is -2.36. The van der Waals surface area contributed by atoms with Gasteiger partial charge in [0.1, 0.15) is 11.9 Å². The van der Waals surface area contributed by atoms with Gasteiger partial charge in [-0.2, -0.15) is 0 Å². The molecule has 8 heteroatoms. The largest absolute Gasteiger partial charge is 0.321 e. The fourth-order valence-electron chi connectivity index (χ4n) is 5.04. The quantitative estimate of drug-likeness (QED) is 0.484. The van der Waals surface area contributed by atoms with Gasteiger partial charge in [0.2, 0.25) is 0 Å². The number of aromatic amines is 1. The van der Waals surface area contributed by atoms with Crippen LogP contribution in [0.25, 0.3) is 10.9 Å². The van der Waals surface area contributed by atoms with Crippen LogP contribution in [0.15, 0.2) is 47.3 Å². The number of aromatic nitrogens is 5. The SMILES string of the molecule is Cc1ccc(C)c2[nH]c(=O)c(C(c3nnnn3Cc3ccc(F)cc3)N3CCCC(C)C3)cc12. The van der Waals surface area contributed by atoms with Gasteiger partial charge in [-0.25, -0.2) is 9.07 Å². The fraction of sp³-hybridized carbons (Fsp3) is 0.385. The summed E-state index contributed by atoms with van der Waals surface area (Å²) in [6, 6.07) is 12.1. The Balaban J connectivity index is 1.64. The standard InChI is InChI=1S/C26H29FN6O/c1-16-5-4-12-32(14-16)24(22-13-21-17(2)6-7-18(3)23(21)28-26(22)34)25-29-30-31-33(25)15-19-8-10-20(27)11-9-19/h6-11,13,16,24H,4-5,12,14-15H2,1-3H3,(H,28,34). The van der Waals surface area contributed by atoms with Gasteiger partial charge in [0.25, 0.3) is 5.56 Å². The van der Waals surface area contributed by atoms with Gasteiger partial charge in [-0.15, -0.1) is 5.10 Å². The smallest absolute Gasteiger partial charge is 0.253 e. The maximum absolute atomic E-state index is 13.5. The van der Waals surface area contributed by atoms with Gasteiger partial charge in [0.15, 0.2) is 5.82 Å². The predicted molar refractivity (Wildman–Crippen MR) is 129 cm³/mol. The second kappa shape index (κ2) is 9.10. The average Bonchev–Trinajstić information content (AvgIpc) is 3.26. The zero-order chi connectivity index (χ0) is 23.8. The van der Waals surface area contributed by atoms with E-state index < -0.39 is 0 Å². The van der Waals surface area contributed by atoms with Crippen LogP contribution >= 0.6 is 0 Å². The van der Waals surface area contributed by atoms with Gasteiger partial charge in [-0.3, -0.25) is 9.69 Å². The molecule has 176 valence electrons. The van der Waals surface area contributed by atoms with Gasteiger partial charge in [-0.05, 0) is 84.5 Å². The molecule has 1 N–H and O–H groups in total. The van der Waals surface area contributed by atoms with Crippen molar-refractivity contribution in [1.82, 2.24) is 30.1 Å². The second-order valence-corrected chi connectivity index (χ2v) is 9.51. The van der Waals surface area contributed by atoms with Crippen LogP contribution in [-0.2, 0) is 6.54 Å². The van der Waals surface area contributed by atoms with Crippen LogP contribution in [0.2, 0.25) is 0 Å². The summed E-state index contributed by atoms with van der Waals surface area (Å²) in [7, 11) is 0. The Morgan fingerprint density at radius 1 is 1.15 bits per heavy atom. The van der Waals surface area contributed by atoms with Crippen LogP contribution < -0.4 is 5.56 Å². The summed E-state index contributed by atoms with van der Waals surface area (Å²) in [4.78, 5) is 18.9. The van der Waals surface area contributed by atoms with Crippen molar-refractivity contribution in [2.75, 3.05) is 13.1 Å². The molecule has 7 nitrogen and oxygen atoms in total.